The molecule has 8 nitrogen and oxygen atoms in total. The van der Waals surface area contributed by atoms with E-state index in [9.17, 15) is 13.2 Å². The average molecular weight is 360 g/mol. The Bertz CT molecular complexity index is 832. The summed E-state index contributed by atoms with van der Waals surface area (Å²) >= 11 is 5.88. The molecule has 2 rings (SSSR count). The summed E-state index contributed by atoms with van der Waals surface area (Å²) in [7, 11) is -3.96. The molecule has 23 heavy (non-hydrogen) atoms. The maximum Gasteiger partial charge on any atom is 0.340 e. The zero-order chi connectivity index (χ0) is 17.2. The van der Waals surface area contributed by atoms with E-state index in [0.717, 1.165) is 6.07 Å². The molecule has 0 fully saturated rings. The molecule has 0 saturated heterocycles. The number of nitrogens with zero attached hydrogens (tertiary/aromatic N) is 2. The van der Waals surface area contributed by atoms with E-state index < -0.39 is 16.0 Å². The topological polar surface area (TPSA) is 125 Å². The average Bonchev–Trinajstić information content (AvgIpc) is 2.93. The fraction of sp³-hybridized carbons (Fsp3) is 0.308. The van der Waals surface area contributed by atoms with Crippen molar-refractivity contribution in [2.24, 2.45) is 5.14 Å². The highest BCUT2D eigenvalue weighted by molar-refractivity contribution is 7.89. The lowest BCUT2D eigenvalue weighted by Gasteiger charge is -2.06. The SMILES string of the molecule is CC(C)c1noc(COC(=O)c2cc(S(N)(=O)=O)ccc2Cl)n1. The third-order valence-corrected chi connectivity index (χ3v) is 4.05. The van der Waals surface area contributed by atoms with Crippen LogP contribution in [0, 0.1) is 0 Å². The summed E-state index contributed by atoms with van der Waals surface area (Å²) in [6.07, 6.45) is 0. The summed E-state index contributed by atoms with van der Waals surface area (Å²) in [5.74, 6) is -0.139. The van der Waals surface area contributed by atoms with Gasteiger partial charge in [-0.3, -0.25) is 0 Å². The van der Waals surface area contributed by atoms with Crippen LogP contribution in [0.4, 0.5) is 0 Å². The van der Waals surface area contributed by atoms with Crippen LogP contribution < -0.4 is 5.14 Å². The third kappa shape index (κ3) is 4.27. The summed E-state index contributed by atoms with van der Waals surface area (Å²) in [6.45, 7) is 3.52. The number of esters is 1. The molecule has 1 aromatic heterocycles. The Hall–Kier alpha value is -1.97. The number of hydrogen-bond donors (Lipinski definition) is 1. The predicted molar refractivity (Wildman–Crippen MR) is 80.3 cm³/mol. The highest BCUT2D eigenvalue weighted by atomic mass is 35.5. The number of primary sulfonamides is 1. The first kappa shape index (κ1) is 17.4. The molecule has 2 aromatic rings. The van der Waals surface area contributed by atoms with Crippen molar-refractivity contribution in [3.05, 3.63) is 40.5 Å². The molecule has 124 valence electrons. The fourth-order valence-electron chi connectivity index (χ4n) is 1.60. The molecule has 0 saturated carbocycles. The van der Waals surface area contributed by atoms with Gasteiger partial charge in [-0.1, -0.05) is 30.6 Å². The zero-order valence-electron chi connectivity index (χ0n) is 12.3. The second-order valence-corrected chi connectivity index (χ2v) is 6.93. The molecule has 0 aliphatic heterocycles. The van der Waals surface area contributed by atoms with Crippen molar-refractivity contribution >= 4 is 27.6 Å². The number of hydrogen-bond acceptors (Lipinski definition) is 7. The van der Waals surface area contributed by atoms with Crippen molar-refractivity contribution in [2.45, 2.75) is 31.3 Å². The normalized spacial score (nSPS) is 11.7. The quantitative estimate of drug-likeness (QED) is 0.807. The maximum absolute atomic E-state index is 12.0. The largest absolute Gasteiger partial charge is 0.452 e. The summed E-state index contributed by atoms with van der Waals surface area (Å²) in [6, 6.07) is 3.50. The number of nitrogens with two attached hydrogens (primary N) is 1. The van der Waals surface area contributed by atoms with Crippen LogP contribution in [0.25, 0.3) is 0 Å². The van der Waals surface area contributed by atoms with Crippen molar-refractivity contribution in [2.75, 3.05) is 0 Å². The van der Waals surface area contributed by atoms with Crippen LogP contribution in [-0.2, 0) is 21.4 Å². The van der Waals surface area contributed by atoms with Crippen molar-refractivity contribution in [1.29, 1.82) is 0 Å². The van der Waals surface area contributed by atoms with E-state index in [1.54, 1.807) is 0 Å². The highest BCUT2D eigenvalue weighted by Crippen LogP contribution is 2.21. The number of sulfonamides is 1. The molecule has 1 aromatic carbocycles. The number of rotatable bonds is 5. The Morgan fingerprint density at radius 3 is 2.70 bits per heavy atom. The molecular weight excluding hydrogens is 346 g/mol. The number of halogens is 1. The lowest BCUT2D eigenvalue weighted by molar-refractivity contribution is 0.0429. The molecule has 0 atom stereocenters. The molecular formula is C13H14ClN3O5S. The van der Waals surface area contributed by atoms with E-state index in [-0.39, 0.29) is 33.9 Å². The van der Waals surface area contributed by atoms with Gasteiger partial charge in [0.2, 0.25) is 10.0 Å². The number of ether oxygens (including phenoxy) is 1. The summed E-state index contributed by atoms with van der Waals surface area (Å²) in [5, 5.41) is 8.78. The fourth-order valence-corrected chi connectivity index (χ4v) is 2.34. The minimum Gasteiger partial charge on any atom is -0.452 e. The molecule has 1 heterocycles. The number of carbonyl (C=O) groups excluding carboxylic acids is 1. The van der Waals surface area contributed by atoms with E-state index >= 15 is 0 Å². The monoisotopic (exact) mass is 359 g/mol. The highest BCUT2D eigenvalue weighted by Gasteiger charge is 2.18. The van der Waals surface area contributed by atoms with Gasteiger partial charge in [-0.2, -0.15) is 4.98 Å². The Balaban J connectivity index is 2.14. The van der Waals surface area contributed by atoms with Crippen LogP contribution in [0.2, 0.25) is 5.02 Å². The van der Waals surface area contributed by atoms with Gasteiger partial charge in [-0.15, -0.1) is 0 Å². The minimum atomic E-state index is -3.96. The van der Waals surface area contributed by atoms with Gasteiger partial charge >= 0.3 is 5.97 Å². The number of aromatic nitrogens is 2. The number of benzene rings is 1. The second kappa shape index (κ2) is 6.65. The van der Waals surface area contributed by atoms with Gasteiger partial charge < -0.3 is 9.26 Å². The first-order valence-corrected chi connectivity index (χ1v) is 8.43. The van der Waals surface area contributed by atoms with Gasteiger partial charge in [-0.05, 0) is 18.2 Å². The van der Waals surface area contributed by atoms with Crippen LogP contribution in [0.3, 0.4) is 0 Å². The smallest absolute Gasteiger partial charge is 0.340 e. The van der Waals surface area contributed by atoms with E-state index in [4.69, 9.17) is 26.0 Å². The standard InChI is InChI=1S/C13H14ClN3O5S/c1-7(2)12-16-11(22-17-12)6-21-13(18)9-5-8(23(15,19)20)3-4-10(9)14/h3-5,7H,6H2,1-2H3,(H2,15,19,20). The van der Waals surface area contributed by atoms with E-state index in [2.05, 4.69) is 10.1 Å². The van der Waals surface area contributed by atoms with Gasteiger partial charge in [0.25, 0.3) is 5.89 Å². The predicted octanol–water partition coefficient (Wildman–Crippen LogP) is 1.85. The molecule has 0 aliphatic carbocycles. The molecule has 0 unspecified atom stereocenters. The van der Waals surface area contributed by atoms with Crippen LogP contribution >= 0.6 is 11.6 Å². The molecule has 10 heteroatoms. The molecule has 2 N–H and O–H groups in total. The Labute approximate surface area is 137 Å². The van der Waals surface area contributed by atoms with Crippen molar-refractivity contribution in [3.63, 3.8) is 0 Å². The minimum absolute atomic E-state index is 0.0378. The molecule has 0 amide bonds. The summed E-state index contributed by atoms with van der Waals surface area (Å²) < 4.78 is 32.6. The lowest BCUT2D eigenvalue weighted by Crippen LogP contribution is -2.14. The third-order valence-electron chi connectivity index (χ3n) is 2.81. The Morgan fingerprint density at radius 1 is 1.43 bits per heavy atom. The van der Waals surface area contributed by atoms with Crippen molar-refractivity contribution < 1.29 is 22.5 Å². The van der Waals surface area contributed by atoms with Gasteiger partial charge in [0, 0.05) is 5.92 Å². The second-order valence-electron chi connectivity index (χ2n) is 4.96. The van der Waals surface area contributed by atoms with Gasteiger partial charge in [0.05, 0.1) is 15.5 Å². The zero-order valence-corrected chi connectivity index (χ0v) is 13.9. The van der Waals surface area contributed by atoms with Crippen LogP contribution in [0.15, 0.2) is 27.6 Å². The van der Waals surface area contributed by atoms with Crippen LogP contribution in [0.5, 0.6) is 0 Å². The Kier molecular flexibility index (Phi) is 5.03. The van der Waals surface area contributed by atoms with Gasteiger partial charge in [0.1, 0.15) is 0 Å². The lowest BCUT2D eigenvalue weighted by atomic mass is 10.2. The molecule has 0 radical (unpaired) electrons. The Morgan fingerprint density at radius 2 is 2.13 bits per heavy atom. The summed E-state index contributed by atoms with van der Waals surface area (Å²) in [5.41, 5.74) is -0.123. The van der Waals surface area contributed by atoms with Gasteiger partial charge in [-0.25, -0.2) is 18.4 Å². The van der Waals surface area contributed by atoms with Crippen molar-refractivity contribution in [3.8, 4) is 0 Å². The number of carbonyl (C=O) groups is 1. The summed E-state index contributed by atoms with van der Waals surface area (Å²) in [4.78, 5) is 15.8. The van der Waals surface area contributed by atoms with Crippen molar-refractivity contribution in [1.82, 2.24) is 10.1 Å². The molecule has 0 aliphatic rings. The maximum atomic E-state index is 12.0. The molecule has 0 spiro atoms. The first-order valence-electron chi connectivity index (χ1n) is 6.50. The van der Waals surface area contributed by atoms with Gasteiger partial charge in [0.15, 0.2) is 12.4 Å². The van der Waals surface area contributed by atoms with E-state index in [0.29, 0.717) is 5.82 Å². The van der Waals surface area contributed by atoms with E-state index in [1.165, 1.54) is 12.1 Å². The molecule has 0 bridgehead atoms. The van der Waals surface area contributed by atoms with Crippen LogP contribution in [0.1, 0.15) is 41.8 Å². The first-order chi connectivity index (χ1) is 10.7. The van der Waals surface area contributed by atoms with Crippen LogP contribution in [-0.4, -0.2) is 24.5 Å². The van der Waals surface area contributed by atoms with E-state index in [1.807, 2.05) is 13.8 Å².